The fraction of sp³-hybridized carbons (Fsp3) is 0.667. The van der Waals surface area contributed by atoms with Crippen LogP contribution in [0.5, 0.6) is 23.0 Å². The molecule has 378 valence electrons. The van der Waals surface area contributed by atoms with Crippen LogP contribution in [-0.2, 0) is 0 Å². The molecule has 0 saturated carbocycles. The highest BCUT2D eigenvalue weighted by molar-refractivity contribution is 9.11. The van der Waals surface area contributed by atoms with Crippen molar-refractivity contribution in [1.29, 1.82) is 0 Å². The highest BCUT2D eigenvalue weighted by Crippen LogP contribution is 2.45. The van der Waals surface area contributed by atoms with Gasteiger partial charge < -0.3 is 18.9 Å². The first-order valence-electron chi connectivity index (χ1n) is 28.0. The van der Waals surface area contributed by atoms with E-state index < -0.39 is 0 Å². The molecule has 8 heteroatoms. The van der Waals surface area contributed by atoms with Crippen molar-refractivity contribution < 1.29 is 18.9 Å². The number of hydrogen-bond acceptors (Lipinski definition) is 6. The van der Waals surface area contributed by atoms with E-state index in [9.17, 15) is 0 Å². The van der Waals surface area contributed by atoms with Crippen LogP contribution < -0.4 is 18.9 Å². The lowest BCUT2D eigenvalue weighted by Gasteiger charge is -2.19. The molecule has 5 aromatic rings. The lowest BCUT2D eigenvalue weighted by molar-refractivity contribution is 0.258. The maximum Gasteiger partial charge on any atom is 0.161 e. The number of unbranched alkanes of at least 4 members (excludes halogenated alkanes) is 28. The Morgan fingerprint density at radius 1 is 0.294 bits per heavy atom. The van der Waals surface area contributed by atoms with Crippen molar-refractivity contribution in [3.8, 4) is 23.0 Å². The Hall–Kier alpha value is -2.84. The van der Waals surface area contributed by atoms with E-state index in [2.05, 4.69) is 83.8 Å². The van der Waals surface area contributed by atoms with Crippen LogP contribution in [0.25, 0.3) is 43.6 Å². The van der Waals surface area contributed by atoms with Gasteiger partial charge in [0, 0.05) is 19.7 Å². The van der Waals surface area contributed by atoms with Gasteiger partial charge in [0.25, 0.3) is 0 Å². The zero-order valence-corrected chi connectivity index (χ0v) is 46.4. The summed E-state index contributed by atoms with van der Waals surface area (Å²) >= 11 is 7.64. The van der Waals surface area contributed by atoms with Crippen molar-refractivity contribution in [1.82, 2.24) is 9.97 Å². The number of hydrogen-bond donors (Lipinski definition) is 0. The van der Waals surface area contributed by atoms with Crippen LogP contribution in [0.4, 0.5) is 0 Å². The summed E-state index contributed by atoms with van der Waals surface area (Å²) in [7, 11) is 0. The summed E-state index contributed by atoms with van der Waals surface area (Å²) in [6.07, 6.45) is 40.3. The molecule has 0 radical (unpaired) electrons. The molecule has 6 nitrogen and oxygen atoms in total. The minimum Gasteiger partial charge on any atom is -0.490 e. The lowest BCUT2D eigenvalue weighted by Crippen LogP contribution is -2.04. The minimum atomic E-state index is 0.656. The minimum absolute atomic E-state index is 0.656. The van der Waals surface area contributed by atoms with Crippen LogP contribution >= 0.6 is 31.9 Å². The van der Waals surface area contributed by atoms with Crippen molar-refractivity contribution in [3.05, 3.63) is 45.3 Å². The molecule has 1 heterocycles. The molecule has 0 spiro atoms. The van der Waals surface area contributed by atoms with Crippen molar-refractivity contribution >= 4 is 75.5 Å². The number of nitrogens with zero attached hydrogens (tertiary/aromatic N) is 2. The number of benzene rings is 4. The van der Waals surface area contributed by atoms with Gasteiger partial charge >= 0.3 is 0 Å². The van der Waals surface area contributed by atoms with Crippen LogP contribution in [0.2, 0.25) is 0 Å². The summed E-state index contributed by atoms with van der Waals surface area (Å²) in [5.74, 6) is 3.17. The van der Waals surface area contributed by atoms with Gasteiger partial charge in [-0.2, -0.15) is 0 Å². The molecular weight excluding hydrogens is 972 g/mol. The standard InChI is InChI=1S/C60H90Br2N2O4/c1-5-9-13-17-21-25-29-33-39-65-53-43-47-48-44-54(66-40-34-30-26-22-18-14-10-6-2)56(68-42-36-32-28-24-20-16-12-8-4)46-50(48)58-57(63-59-51(61)37-38-52(62)60(59)64-58)49(47)45-55(53)67-41-35-31-27-23-19-15-11-7-3/h37-38,43-46H,5-36,39-42H2,1-4H3. The van der Waals surface area contributed by atoms with Gasteiger partial charge in [-0.1, -0.05) is 207 Å². The maximum absolute atomic E-state index is 6.76. The largest absolute Gasteiger partial charge is 0.490 e. The number of halogens is 2. The molecule has 4 aromatic carbocycles. The quantitative estimate of drug-likeness (QED) is 0.0221. The van der Waals surface area contributed by atoms with E-state index in [1.807, 2.05) is 12.1 Å². The Morgan fingerprint density at radius 2 is 0.515 bits per heavy atom. The van der Waals surface area contributed by atoms with E-state index in [1.54, 1.807) is 0 Å². The van der Waals surface area contributed by atoms with Crippen LogP contribution in [0.3, 0.4) is 0 Å². The second-order valence-electron chi connectivity index (χ2n) is 19.6. The highest BCUT2D eigenvalue weighted by Gasteiger charge is 2.21. The Bertz CT molecular complexity index is 2020. The average Bonchev–Trinajstić information content (AvgIpc) is 3.35. The van der Waals surface area contributed by atoms with Gasteiger partial charge in [-0.15, -0.1) is 0 Å². The second-order valence-corrected chi connectivity index (χ2v) is 21.3. The molecule has 0 aliphatic heterocycles. The van der Waals surface area contributed by atoms with Crippen molar-refractivity contribution in [3.63, 3.8) is 0 Å². The summed E-state index contributed by atoms with van der Waals surface area (Å²) in [4.78, 5) is 10.9. The highest BCUT2D eigenvalue weighted by atomic mass is 79.9. The van der Waals surface area contributed by atoms with E-state index in [1.165, 1.54) is 180 Å². The Labute approximate surface area is 429 Å². The SMILES string of the molecule is CCCCCCCCCCOc1cc2c3cc(OCCCCCCCCCC)c(OCCCCCCCCCC)cc3c3nc4c(Br)ccc(Br)c4nc3c2cc1OCCCCCCCCCC. The molecule has 0 fully saturated rings. The second kappa shape index (κ2) is 33.7. The molecule has 0 saturated heterocycles. The molecule has 0 aliphatic rings. The first kappa shape index (κ1) is 56.1. The van der Waals surface area contributed by atoms with Crippen LogP contribution in [-0.4, -0.2) is 36.4 Å². The number of rotatable bonds is 40. The average molecular weight is 1060 g/mol. The topological polar surface area (TPSA) is 62.7 Å². The van der Waals surface area contributed by atoms with Crippen LogP contribution in [0.1, 0.15) is 233 Å². The molecule has 0 atom stereocenters. The van der Waals surface area contributed by atoms with E-state index >= 15 is 0 Å². The van der Waals surface area contributed by atoms with E-state index in [-0.39, 0.29) is 0 Å². The van der Waals surface area contributed by atoms with Crippen LogP contribution in [0.15, 0.2) is 45.3 Å². The molecular formula is C60H90Br2N2O4. The predicted molar refractivity (Wildman–Crippen MR) is 300 cm³/mol. The number of fused-ring (bicyclic) bond motifs is 7. The maximum atomic E-state index is 6.76. The van der Waals surface area contributed by atoms with E-state index in [4.69, 9.17) is 28.9 Å². The molecule has 68 heavy (non-hydrogen) atoms. The smallest absolute Gasteiger partial charge is 0.161 e. The van der Waals surface area contributed by atoms with Gasteiger partial charge in [0.2, 0.25) is 0 Å². The summed E-state index contributed by atoms with van der Waals surface area (Å²) in [6.45, 7) is 11.8. The molecule has 0 aliphatic carbocycles. The third-order valence-corrected chi connectivity index (χ3v) is 15.0. The fourth-order valence-electron chi connectivity index (χ4n) is 9.53. The Kier molecular flexibility index (Phi) is 27.8. The summed E-state index contributed by atoms with van der Waals surface area (Å²) in [5, 5.41) is 4.12. The van der Waals surface area contributed by atoms with Gasteiger partial charge in [-0.05, 0) is 105 Å². The summed E-state index contributed by atoms with van der Waals surface area (Å²) in [6, 6.07) is 12.9. The monoisotopic (exact) mass is 1060 g/mol. The summed E-state index contributed by atoms with van der Waals surface area (Å²) in [5.41, 5.74) is 3.32. The summed E-state index contributed by atoms with van der Waals surface area (Å²) < 4.78 is 28.8. The van der Waals surface area contributed by atoms with E-state index in [0.717, 1.165) is 101 Å². The number of aromatic nitrogens is 2. The molecule has 5 rings (SSSR count). The predicted octanol–water partition coefficient (Wildman–Crippen LogP) is 20.7. The molecule has 0 amide bonds. The third kappa shape index (κ3) is 18.7. The zero-order chi connectivity index (χ0) is 48.0. The Balaban J connectivity index is 1.51. The first-order chi connectivity index (χ1) is 33.5. The first-order valence-corrected chi connectivity index (χ1v) is 29.6. The molecule has 1 aromatic heterocycles. The number of ether oxygens (including phenoxy) is 4. The molecule has 0 unspecified atom stereocenters. The van der Waals surface area contributed by atoms with E-state index in [0.29, 0.717) is 26.4 Å². The molecule has 0 bridgehead atoms. The van der Waals surface area contributed by atoms with Gasteiger partial charge in [-0.3, -0.25) is 0 Å². The van der Waals surface area contributed by atoms with Crippen molar-refractivity contribution in [2.75, 3.05) is 26.4 Å². The normalized spacial score (nSPS) is 11.7. The fourth-order valence-corrected chi connectivity index (χ4v) is 10.3. The lowest BCUT2D eigenvalue weighted by atomic mass is 9.97. The van der Waals surface area contributed by atoms with Gasteiger partial charge in [0.15, 0.2) is 23.0 Å². The Morgan fingerprint density at radius 3 is 0.765 bits per heavy atom. The zero-order valence-electron chi connectivity index (χ0n) is 43.2. The van der Waals surface area contributed by atoms with Crippen molar-refractivity contribution in [2.45, 2.75) is 233 Å². The van der Waals surface area contributed by atoms with Gasteiger partial charge in [0.05, 0.1) is 37.5 Å². The molecule has 0 N–H and O–H groups in total. The third-order valence-electron chi connectivity index (χ3n) is 13.7. The van der Waals surface area contributed by atoms with Gasteiger partial charge in [0.1, 0.15) is 11.0 Å². The van der Waals surface area contributed by atoms with Crippen molar-refractivity contribution in [2.24, 2.45) is 0 Å². The van der Waals surface area contributed by atoms with Crippen LogP contribution in [0, 0.1) is 0 Å². The van der Waals surface area contributed by atoms with Gasteiger partial charge in [-0.25, -0.2) is 9.97 Å².